The molecule has 1 fully saturated rings. The molecular formula is C9H17NO. The third-order valence-corrected chi connectivity index (χ3v) is 2.38. The van der Waals surface area contributed by atoms with Crippen LogP contribution in [0.4, 0.5) is 0 Å². The minimum atomic E-state index is -0.138. The second-order valence-electron chi connectivity index (χ2n) is 3.95. The van der Waals surface area contributed by atoms with Crippen molar-refractivity contribution < 1.29 is 4.79 Å². The number of hydrogen-bond donors (Lipinski definition) is 1. The summed E-state index contributed by atoms with van der Waals surface area (Å²) in [5.74, 6) is 0.220. The quantitative estimate of drug-likeness (QED) is 0.567. The minimum absolute atomic E-state index is 0.138. The van der Waals surface area contributed by atoms with E-state index in [-0.39, 0.29) is 11.3 Å². The molecule has 0 bridgehead atoms. The summed E-state index contributed by atoms with van der Waals surface area (Å²) in [7, 11) is 0. The Bertz CT molecular complexity index is 152. The Kier molecular flexibility index (Phi) is 2.53. The van der Waals surface area contributed by atoms with Crippen molar-refractivity contribution in [3.63, 3.8) is 0 Å². The van der Waals surface area contributed by atoms with Crippen LogP contribution in [0.2, 0.25) is 0 Å². The lowest BCUT2D eigenvalue weighted by molar-refractivity contribution is -0.130. The number of hydrogen-bond acceptors (Lipinski definition) is 1. The van der Waals surface area contributed by atoms with E-state index >= 15 is 0 Å². The van der Waals surface area contributed by atoms with Crippen LogP contribution in [0.1, 0.15) is 39.5 Å². The van der Waals surface area contributed by atoms with Gasteiger partial charge in [-0.1, -0.05) is 26.7 Å². The van der Waals surface area contributed by atoms with Crippen LogP contribution in [0.3, 0.4) is 0 Å². The molecule has 0 spiro atoms. The molecule has 0 saturated carbocycles. The van der Waals surface area contributed by atoms with Gasteiger partial charge in [0.1, 0.15) is 0 Å². The van der Waals surface area contributed by atoms with Crippen LogP contribution in [0.25, 0.3) is 0 Å². The molecule has 0 aromatic rings. The van der Waals surface area contributed by atoms with E-state index in [1.807, 2.05) is 13.8 Å². The van der Waals surface area contributed by atoms with Gasteiger partial charge in [-0.15, -0.1) is 0 Å². The molecule has 2 heteroatoms. The molecule has 1 rings (SSSR count). The van der Waals surface area contributed by atoms with Gasteiger partial charge in [0.2, 0.25) is 5.91 Å². The average molecular weight is 155 g/mol. The van der Waals surface area contributed by atoms with Gasteiger partial charge in [0.25, 0.3) is 0 Å². The first-order valence-electron chi connectivity index (χ1n) is 4.41. The number of amides is 1. The molecule has 1 amide bonds. The van der Waals surface area contributed by atoms with Gasteiger partial charge >= 0.3 is 0 Å². The molecule has 0 aliphatic carbocycles. The van der Waals surface area contributed by atoms with Crippen LogP contribution < -0.4 is 5.32 Å². The van der Waals surface area contributed by atoms with E-state index in [0.717, 1.165) is 19.4 Å². The first-order valence-corrected chi connectivity index (χ1v) is 4.41. The minimum Gasteiger partial charge on any atom is -0.356 e. The van der Waals surface area contributed by atoms with Crippen molar-refractivity contribution in [3.05, 3.63) is 0 Å². The summed E-state index contributed by atoms with van der Waals surface area (Å²) in [5.41, 5.74) is -0.138. The van der Waals surface area contributed by atoms with Crippen molar-refractivity contribution in [1.82, 2.24) is 5.32 Å². The Morgan fingerprint density at radius 2 is 2.00 bits per heavy atom. The zero-order valence-electron chi connectivity index (χ0n) is 7.44. The Hall–Kier alpha value is -0.530. The van der Waals surface area contributed by atoms with Crippen LogP contribution in [0, 0.1) is 5.41 Å². The van der Waals surface area contributed by atoms with E-state index in [4.69, 9.17) is 0 Å². The van der Waals surface area contributed by atoms with Crippen molar-refractivity contribution in [2.75, 3.05) is 6.54 Å². The summed E-state index contributed by atoms with van der Waals surface area (Å²) in [4.78, 5) is 11.4. The summed E-state index contributed by atoms with van der Waals surface area (Å²) < 4.78 is 0. The zero-order valence-corrected chi connectivity index (χ0v) is 7.44. The molecule has 11 heavy (non-hydrogen) atoms. The Labute approximate surface area is 68.4 Å². The molecule has 0 unspecified atom stereocenters. The Balaban J connectivity index is 2.54. The first-order chi connectivity index (χ1) is 5.13. The van der Waals surface area contributed by atoms with E-state index in [2.05, 4.69) is 5.32 Å². The molecular weight excluding hydrogens is 138 g/mol. The van der Waals surface area contributed by atoms with E-state index in [1.165, 1.54) is 12.8 Å². The first kappa shape index (κ1) is 8.57. The lowest BCUT2D eigenvalue weighted by Crippen LogP contribution is -2.38. The fourth-order valence-electron chi connectivity index (χ4n) is 1.42. The highest BCUT2D eigenvalue weighted by atomic mass is 16.2. The third kappa shape index (κ3) is 2.21. The molecule has 0 radical (unpaired) electrons. The zero-order chi connectivity index (χ0) is 8.32. The van der Waals surface area contributed by atoms with Crippen LogP contribution in [-0.4, -0.2) is 12.5 Å². The topological polar surface area (TPSA) is 29.1 Å². The maximum atomic E-state index is 11.4. The summed E-state index contributed by atoms with van der Waals surface area (Å²) in [6, 6.07) is 0. The van der Waals surface area contributed by atoms with E-state index in [9.17, 15) is 4.79 Å². The predicted octanol–water partition coefficient (Wildman–Crippen LogP) is 1.70. The second kappa shape index (κ2) is 3.24. The highest BCUT2D eigenvalue weighted by molar-refractivity contribution is 5.81. The largest absolute Gasteiger partial charge is 0.356 e. The van der Waals surface area contributed by atoms with Crippen LogP contribution in [0.5, 0.6) is 0 Å². The van der Waals surface area contributed by atoms with Gasteiger partial charge in [-0.05, 0) is 12.8 Å². The monoisotopic (exact) mass is 155 g/mol. The standard InChI is InChI=1S/C9H17NO/c1-9(2)6-4-3-5-7-10-8(9)11/h3-7H2,1-2H3,(H,10,11). The number of rotatable bonds is 0. The summed E-state index contributed by atoms with van der Waals surface area (Å²) in [6.07, 6.45) is 4.62. The molecule has 0 aromatic carbocycles. The third-order valence-electron chi connectivity index (χ3n) is 2.38. The number of carbonyl (C=O) groups excluding carboxylic acids is 1. The van der Waals surface area contributed by atoms with Gasteiger partial charge < -0.3 is 5.32 Å². The SMILES string of the molecule is CC1(C)CCCCCNC1=O. The van der Waals surface area contributed by atoms with Crippen LogP contribution in [-0.2, 0) is 4.79 Å². The van der Waals surface area contributed by atoms with Crippen molar-refractivity contribution in [3.8, 4) is 0 Å². The molecule has 2 nitrogen and oxygen atoms in total. The molecule has 64 valence electrons. The molecule has 1 saturated heterocycles. The van der Waals surface area contributed by atoms with Crippen LogP contribution >= 0.6 is 0 Å². The lowest BCUT2D eigenvalue weighted by Gasteiger charge is -2.25. The second-order valence-corrected chi connectivity index (χ2v) is 3.95. The van der Waals surface area contributed by atoms with Gasteiger partial charge in [-0.25, -0.2) is 0 Å². The lowest BCUT2D eigenvalue weighted by atomic mass is 9.85. The van der Waals surface area contributed by atoms with Gasteiger partial charge in [-0.3, -0.25) is 4.79 Å². The van der Waals surface area contributed by atoms with Gasteiger partial charge in [-0.2, -0.15) is 0 Å². The van der Waals surface area contributed by atoms with E-state index in [0.29, 0.717) is 0 Å². The molecule has 1 aliphatic rings. The molecule has 1 N–H and O–H groups in total. The number of carbonyl (C=O) groups is 1. The highest BCUT2D eigenvalue weighted by Gasteiger charge is 2.27. The summed E-state index contributed by atoms with van der Waals surface area (Å²) in [5, 5.41) is 2.94. The van der Waals surface area contributed by atoms with Crippen molar-refractivity contribution in [2.24, 2.45) is 5.41 Å². The van der Waals surface area contributed by atoms with Gasteiger partial charge in [0.05, 0.1) is 0 Å². The van der Waals surface area contributed by atoms with Crippen molar-refractivity contribution >= 4 is 5.91 Å². The Morgan fingerprint density at radius 1 is 1.27 bits per heavy atom. The molecule has 1 aliphatic heterocycles. The van der Waals surface area contributed by atoms with E-state index in [1.54, 1.807) is 0 Å². The van der Waals surface area contributed by atoms with Crippen LogP contribution in [0.15, 0.2) is 0 Å². The van der Waals surface area contributed by atoms with Crippen molar-refractivity contribution in [1.29, 1.82) is 0 Å². The predicted molar refractivity (Wildman–Crippen MR) is 45.3 cm³/mol. The molecule has 0 aromatic heterocycles. The molecule has 0 atom stereocenters. The normalized spacial score (nSPS) is 25.1. The maximum Gasteiger partial charge on any atom is 0.225 e. The highest BCUT2D eigenvalue weighted by Crippen LogP contribution is 2.25. The van der Waals surface area contributed by atoms with Gasteiger partial charge in [0, 0.05) is 12.0 Å². The maximum absolute atomic E-state index is 11.4. The number of nitrogens with one attached hydrogen (secondary N) is 1. The summed E-state index contributed by atoms with van der Waals surface area (Å²) in [6.45, 7) is 4.91. The fourth-order valence-corrected chi connectivity index (χ4v) is 1.42. The Morgan fingerprint density at radius 3 is 2.73 bits per heavy atom. The van der Waals surface area contributed by atoms with Gasteiger partial charge in [0.15, 0.2) is 0 Å². The smallest absolute Gasteiger partial charge is 0.225 e. The summed E-state index contributed by atoms with van der Waals surface area (Å²) >= 11 is 0. The fraction of sp³-hybridized carbons (Fsp3) is 0.889. The van der Waals surface area contributed by atoms with E-state index < -0.39 is 0 Å². The average Bonchev–Trinajstić information content (AvgIpc) is 1.93. The molecule has 1 heterocycles. The van der Waals surface area contributed by atoms with Crippen molar-refractivity contribution in [2.45, 2.75) is 39.5 Å².